The van der Waals surface area contributed by atoms with Gasteiger partial charge in [-0.1, -0.05) is 17.7 Å². The number of hydrogen-bond acceptors (Lipinski definition) is 5. The van der Waals surface area contributed by atoms with Crippen LogP contribution in [0.4, 0.5) is 5.69 Å². The first-order valence-corrected chi connectivity index (χ1v) is 10.3. The minimum atomic E-state index is -3.33. The monoisotopic (exact) mass is 373 g/mol. The Kier molecular flexibility index (Phi) is 5.66. The molecule has 0 radical (unpaired) electrons. The van der Waals surface area contributed by atoms with Crippen molar-refractivity contribution >= 4 is 27.3 Å². The van der Waals surface area contributed by atoms with Crippen molar-refractivity contribution < 1.29 is 13.2 Å². The number of nitrogens with zero attached hydrogens (tertiary/aromatic N) is 2. The lowest BCUT2D eigenvalue weighted by Crippen LogP contribution is -2.56. The number of piperazine rings is 1. The van der Waals surface area contributed by atoms with Gasteiger partial charge in [-0.25, -0.2) is 8.42 Å². The highest BCUT2D eigenvalue weighted by atomic mass is 35.5. The summed E-state index contributed by atoms with van der Waals surface area (Å²) in [5, 5.41) is 3.87. The van der Waals surface area contributed by atoms with Gasteiger partial charge < -0.3 is 15.0 Å². The second-order valence-electron chi connectivity index (χ2n) is 6.36. The van der Waals surface area contributed by atoms with Crippen LogP contribution in [0.1, 0.15) is 6.92 Å². The lowest BCUT2D eigenvalue weighted by Gasteiger charge is -2.40. The van der Waals surface area contributed by atoms with E-state index in [4.69, 9.17) is 16.3 Å². The number of morpholine rings is 1. The Balaban J connectivity index is 1.64. The van der Waals surface area contributed by atoms with E-state index in [9.17, 15) is 8.42 Å². The summed E-state index contributed by atoms with van der Waals surface area (Å²) in [6, 6.07) is 7.59. The summed E-state index contributed by atoms with van der Waals surface area (Å²) in [6.07, 6.45) is -0.262. The van der Waals surface area contributed by atoms with Crippen molar-refractivity contribution in [1.82, 2.24) is 9.62 Å². The van der Waals surface area contributed by atoms with Crippen LogP contribution in [0.25, 0.3) is 0 Å². The van der Waals surface area contributed by atoms with E-state index in [0.29, 0.717) is 37.8 Å². The molecule has 8 heteroatoms. The SMILES string of the molecule is CC1CN(c2cccc(Cl)c2)CCN1S(=O)(=O)CC1CNCCO1. The summed E-state index contributed by atoms with van der Waals surface area (Å²) in [7, 11) is -3.33. The van der Waals surface area contributed by atoms with Gasteiger partial charge in [-0.2, -0.15) is 4.31 Å². The van der Waals surface area contributed by atoms with Gasteiger partial charge in [-0.15, -0.1) is 0 Å². The Morgan fingerprint density at radius 3 is 2.88 bits per heavy atom. The Morgan fingerprint density at radius 2 is 2.21 bits per heavy atom. The third kappa shape index (κ3) is 4.21. The van der Waals surface area contributed by atoms with E-state index in [1.807, 2.05) is 31.2 Å². The zero-order valence-corrected chi connectivity index (χ0v) is 15.4. The molecule has 24 heavy (non-hydrogen) atoms. The molecule has 2 heterocycles. The molecule has 2 unspecified atom stereocenters. The molecule has 1 N–H and O–H groups in total. The Hall–Kier alpha value is -0.860. The predicted molar refractivity (Wildman–Crippen MR) is 96.2 cm³/mol. The number of anilines is 1. The number of sulfonamides is 1. The lowest BCUT2D eigenvalue weighted by molar-refractivity contribution is 0.0421. The molecule has 6 nitrogen and oxygen atoms in total. The van der Waals surface area contributed by atoms with Crippen molar-refractivity contribution in [3.05, 3.63) is 29.3 Å². The second-order valence-corrected chi connectivity index (χ2v) is 8.76. The fraction of sp³-hybridized carbons (Fsp3) is 0.625. The minimum absolute atomic E-state index is 0.0432. The number of rotatable bonds is 4. The number of hydrogen-bond donors (Lipinski definition) is 1. The van der Waals surface area contributed by atoms with Gasteiger partial charge in [-0.05, 0) is 25.1 Å². The van der Waals surface area contributed by atoms with Gasteiger partial charge in [0.15, 0.2) is 0 Å². The Bertz CT molecular complexity index is 664. The van der Waals surface area contributed by atoms with Gasteiger partial charge in [0, 0.05) is 49.5 Å². The Labute approximate surface area is 148 Å². The summed E-state index contributed by atoms with van der Waals surface area (Å²) >= 11 is 6.06. The van der Waals surface area contributed by atoms with Gasteiger partial charge in [0.1, 0.15) is 0 Å². The maximum absolute atomic E-state index is 12.7. The van der Waals surface area contributed by atoms with Crippen LogP contribution in [0.2, 0.25) is 5.02 Å². The molecule has 2 saturated heterocycles. The topological polar surface area (TPSA) is 61.9 Å². The number of ether oxygens (including phenoxy) is 1. The zero-order valence-electron chi connectivity index (χ0n) is 13.8. The molecule has 134 valence electrons. The standard InChI is InChI=1S/C16H24ClN3O3S/c1-13-11-19(15-4-2-3-14(17)9-15)6-7-20(13)24(21,22)12-16-10-18-5-8-23-16/h2-4,9,13,16,18H,5-8,10-12H2,1H3. The number of benzene rings is 1. The molecular weight excluding hydrogens is 350 g/mol. The molecule has 1 aromatic carbocycles. The summed E-state index contributed by atoms with van der Waals surface area (Å²) in [5.74, 6) is 0.0432. The van der Waals surface area contributed by atoms with Crippen LogP contribution in [0.15, 0.2) is 24.3 Å². The highest BCUT2D eigenvalue weighted by Crippen LogP contribution is 2.24. The van der Waals surface area contributed by atoms with Crippen LogP contribution in [0.5, 0.6) is 0 Å². The van der Waals surface area contributed by atoms with Crippen molar-refractivity contribution in [2.75, 3.05) is 50.0 Å². The zero-order chi connectivity index (χ0) is 17.2. The molecule has 0 saturated carbocycles. The summed E-state index contributed by atoms with van der Waals surface area (Å²) < 4.78 is 32.6. The largest absolute Gasteiger partial charge is 0.374 e. The van der Waals surface area contributed by atoms with Gasteiger partial charge >= 0.3 is 0 Å². The fourth-order valence-corrected chi connectivity index (χ4v) is 5.35. The quantitative estimate of drug-likeness (QED) is 0.858. The minimum Gasteiger partial charge on any atom is -0.374 e. The maximum atomic E-state index is 12.7. The van der Waals surface area contributed by atoms with Crippen LogP contribution in [-0.2, 0) is 14.8 Å². The second kappa shape index (κ2) is 7.58. The summed E-state index contributed by atoms with van der Waals surface area (Å²) in [6.45, 7) is 5.70. The molecule has 2 aliphatic rings. The molecule has 2 aliphatic heterocycles. The van der Waals surface area contributed by atoms with Crippen LogP contribution in [0.3, 0.4) is 0 Å². The van der Waals surface area contributed by atoms with E-state index < -0.39 is 10.0 Å². The normalized spacial score (nSPS) is 26.5. The van der Waals surface area contributed by atoms with E-state index in [0.717, 1.165) is 12.2 Å². The van der Waals surface area contributed by atoms with Crippen molar-refractivity contribution in [2.45, 2.75) is 19.1 Å². The highest BCUT2D eigenvalue weighted by Gasteiger charge is 2.34. The predicted octanol–water partition coefficient (Wildman–Crippen LogP) is 1.17. The summed E-state index contributed by atoms with van der Waals surface area (Å²) in [4.78, 5) is 2.18. The average Bonchev–Trinajstić information content (AvgIpc) is 2.55. The molecule has 3 rings (SSSR count). The highest BCUT2D eigenvalue weighted by molar-refractivity contribution is 7.89. The molecule has 0 aliphatic carbocycles. The van der Waals surface area contributed by atoms with Crippen molar-refractivity contribution in [2.24, 2.45) is 0 Å². The van der Waals surface area contributed by atoms with E-state index in [1.165, 1.54) is 0 Å². The molecule has 2 atom stereocenters. The molecule has 2 fully saturated rings. The Morgan fingerprint density at radius 1 is 1.38 bits per heavy atom. The number of nitrogens with one attached hydrogen (secondary N) is 1. The van der Waals surface area contributed by atoms with Crippen molar-refractivity contribution in [3.8, 4) is 0 Å². The molecule has 0 spiro atoms. The van der Waals surface area contributed by atoms with Gasteiger partial charge in [-0.3, -0.25) is 0 Å². The molecule has 0 amide bonds. The molecule has 0 bridgehead atoms. The molecule has 0 aromatic heterocycles. The summed E-state index contributed by atoms with van der Waals surface area (Å²) in [5.41, 5.74) is 1.03. The average molecular weight is 374 g/mol. The van der Waals surface area contributed by atoms with E-state index in [2.05, 4.69) is 10.2 Å². The van der Waals surface area contributed by atoms with Gasteiger partial charge in [0.2, 0.25) is 10.0 Å². The first-order valence-electron chi connectivity index (χ1n) is 8.28. The smallest absolute Gasteiger partial charge is 0.217 e. The number of halogens is 1. The van der Waals surface area contributed by atoms with Crippen molar-refractivity contribution in [1.29, 1.82) is 0 Å². The van der Waals surface area contributed by atoms with E-state index in [-0.39, 0.29) is 17.9 Å². The van der Waals surface area contributed by atoms with Crippen LogP contribution in [0, 0.1) is 0 Å². The molecule has 1 aromatic rings. The van der Waals surface area contributed by atoms with E-state index >= 15 is 0 Å². The van der Waals surface area contributed by atoms with E-state index in [1.54, 1.807) is 4.31 Å². The van der Waals surface area contributed by atoms with Crippen LogP contribution >= 0.6 is 11.6 Å². The third-order valence-corrected chi connectivity index (χ3v) is 6.78. The molecular formula is C16H24ClN3O3S. The van der Waals surface area contributed by atoms with Crippen LogP contribution in [-0.4, -0.2) is 70.0 Å². The van der Waals surface area contributed by atoms with Gasteiger partial charge in [0.25, 0.3) is 0 Å². The van der Waals surface area contributed by atoms with Gasteiger partial charge in [0.05, 0.1) is 18.5 Å². The van der Waals surface area contributed by atoms with Crippen molar-refractivity contribution in [3.63, 3.8) is 0 Å². The first-order chi connectivity index (χ1) is 11.5. The van der Waals surface area contributed by atoms with Crippen LogP contribution < -0.4 is 10.2 Å². The fourth-order valence-electron chi connectivity index (χ4n) is 3.32. The third-order valence-electron chi connectivity index (χ3n) is 4.50. The first kappa shape index (κ1) is 17.9. The lowest BCUT2D eigenvalue weighted by atomic mass is 10.2. The maximum Gasteiger partial charge on any atom is 0.217 e.